The molecular weight excluding hydrogens is 500 g/mol. The van der Waals surface area contributed by atoms with E-state index in [4.69, 9.17) is 16.2 Å². The molecule has 2 rings (SSSR count). The Labute approximate surface area is 224 Å². The SMILES string of the molecule is CCOC(=O)N[C@@H](Cc1ccccc1)C(=O)[C@@]1(C(=O)N[C@H](C=O)CCCN=C(N)N)CCCN1CC.Cl. The fourth-order valence-corrected chi connectivity index (χ4v) is 4.59. The molecule has 1 saturated heterocycles. The quantitative estimate of drug-likeness (QED) is 0.0890. The van der Waals surface area contributed by atoms with E-state index in [1.54, 1.807) is 6.92 Å². The summed E-state index contributed by atoms with van der Waals surface area (Å²) in [5.74, 6) is -1.02. The topological polar surface area (TPSA) is 169 Å². The first-order chi connectivity index (χ1) is 17.3. The third-order valence-corrected chi connectivity index (χ3v) is 6.29. The van der Waals surface area contributed by atoms with Gasteiger partial charge in [0, 0.05) is 6.54 Å². The second kappa shape index (κ2) is 15.8. The Morgan fingerprint density at radius 3 is 2.49 bits per heavy atom. The predicted octanol–water partition coefficient (Wildman–Crippen LogP) is 0.927. The number of Topliss-reactive ketones (excluding diaryl/α,β-unsaturated/α-hetero) is 1. The van der Waals surface area contributed by atoms with Crippen molar-refractivity contribution in [1.29, 1.82) is 0 Å². The number of ketones is 1. The molecule has 3 atom stereocenters. The maximum Gasteiger partial charge on any atom is 0.407 e. The molecule has 0 spiro atoms. The van der Waals surface area contributed by atoms with Crippen LogP contribution < -0.4 is 22.1 Å². The lowest BCUT2D eigenvalue weighted by Crippen LogP contribution is -2.66. The van der Waals surface area contributed by atoms with Gasteiger partial charge in [-0.2, -0.15) is 0 Å². The number of guanidine groups is 1. The highest BCUT2D eigenvalue weighted by Gasteiger charge is 2.55. The van der Waals surface area contributed by atoms with Gasteiger partial charge in [-0.15, -0.1) is 12.4 Å². The number of nitrogens with one attached hydrogen (secondary N) is 2. The van der Waals surface area contributed by atoms with Gasteiger partial charge in [0.1, 0.15) is 6.29 Å². The molecule has 0 bridgehead atoms. The monoisotopic (exact) mass is 538 g/mol. The van der Waals surface area contributed by atoms with Gasteiger partial charge in [0.15, 0.2) is 17.3 Å². The summed E-state index contributed by atoms with van der Waals surface area (Å²) in [5.41, 5.74) is 9.97. The van der Waals surface area contributed by atoms with Crippen LogP contribution in [0.15, 0.2) is 35.3 Å². The van der Waals surface area contributed by atoms with E-state index in [1.165, 1.54) is 0 Å². The van der Waals surface area contributed by atoms with Gasteiger partial charge in [0.25, 0.3) is 0 Å². The Hall–Kier alpha value is -3.18. The van der Waals surface area contributed by atoms with Crippen LogP contribution in [-0.2, 0) is 25.5 Å². The van der Waals surface area contributed by atoms with Crippen molar-refractivity contribution in [3.8, 4) is 0 Å². The van der Waals surface area contributed by atoms with Crippen molar-refractivity contribution in [2.45, 2.75) is 63.6 Å². The zero-order chi connectivity index (χ0) is 26.6. The van der Waals surface area contributed by atoms with E-state index < -0.39 is 35.4 Å². The van der Waals surface area contributed by atoms with Gasteiger partial charge >= 0.3 is 6.09 Å². The number of alkyl carbamates (subject to hydrolysis) is 1. The van der Waals surface area contributed by atoms with Crippen molar-refractivity contribution in [2.24, 2.45) is 16.5 Å². The molecule has 12 heteroatoms. The number of hydrogen-bond acceptors (Lipinski definition) is 7. The van der Waals surface area contributed by atoms with E-state index in [9.17, 15) is 19.2 Å². The van der Waals surface area contributed by atoms with Gasteiger partial charge in [0.2, 0.25) is 5.91 Å². The first kappa shape index (κ1) is 31.8. The second-order valence-electron chi connectivity index (χ2n) is 8.68. The summed E-state index contributed by atoms with van der Waals surface area (Å²) in [6, 6.07) is 7.44. The largest absolute Gasteiger partial charge is 0.450 e. The Kier molecular flexibility index (Phi) is 13.6. The standard InChI is InChI=1S/C25H38N6O5.ClH/c1-3-31-15-9-13-25(31,22(34)29-19(17-32)12-8-14-28-23(26)27)21(33)20(30-24(35)36-4-2)16-18-10-6-5-7-11-18;/h5-7,10-11,17,19-20H,3-4,8-9,12-16H2,1-2H3,(H,29,34)(H,30,35)(H4,26,27,28);1H/t19-,20-,25+;/m0./s1. The van der Waals surface area contributed by atoms with Crippen molar-refractivity contribution < 1.29 is 23.9 Å². The number of rotatable bonds is 14. The average Bonchev–Trinajstić information content (AvgIpc) is 3.30. The molecule has 37 heavy (non-hydrogen) atoms. The zero-order valence-corrected chi connectivity index (χ0v) is 22.3. The summed E-state index contributed by atoms with van der Waals surface area (Å²) in [6.07, 6.45) is 1.81. The number of nitrogens with two attached hydrogens (primary N) is 2. The molecule has 1 heterocycles. The summed E-state index contributed by atoms with van der Waals surface area (Å²) >= 11 is 0. The molecule has 0 radical (unpaired) electrons. The van der Waals surface area contributed by atoms with Crippen LogP contribution in [-0.4, -0.2) is 78.8 Å². The van der Waals surface area contributed by atoms with E-state index in [0.29, 0.717) is 45.2 Å². The van der Waals surface area contributed by atoms with E-state index in [-0.39, 0.29) is 37.8 Å². The molecule has 0 aromatic heterocycles. The van der Waals surface area contributed by atoms with Crippen molar-refractivity contribution >= 4 is 42.4 Å². The number of benzene rings is 1. The molecule has 1 aliphatic rings. The van der Waals surface area contributed by atoms with Crippen molar-refractivity contribution in [3.63, 3.8) is 0 Å². The van der Waals surface area contributed by atoms with Crippen LogP contribution in [0.3, 0.4) is 0 Å². The van der Waals surface area contributed by atoms with E-state index in [2.05, 4.69) is 15.6 Å². The first-order valence-electron chi connectivity index (χ1n) is 12.4. The molecule has 1 aromatic carbocycles. The van der Waals surface area contributed by atoms with E-state index in [0.717, 1.165) is 5.56 Å². The third kappa shape index (κ3) is 8.71. The summed E-state index contributed by atoms with van der Waals surface area (Å²) in [6.45, 7) is 5.00. The third-order valence-electron chi connectivity index (χ3n) is 6.29. The molecule has 0 saturated carbocycles. The number of halogens is 1. The number of hydrogen-bond donors (Lipinski definition) is 4. The van der Waals surface area contributed by atoms with Crippen LogP contribution in [0.2, 0.25) is 0 Å². The van der Waals surface area contributed by atoms with Crippen molar-refractivity contribution in [1.82, 2.24) is 15.5 Å². The van der Waals surface area contributed by atoms with Crippen LogP contribution in [0, 0.1) is 0 Å². The lowest BCUT2D eigenvalue weighted by molar-refractivity contribution is -0.145. The van der Waals surface area contributed by atoms with E-state index >= 15 is 0 Å². The minimum Gasteiger partial charge on any atom is -0.450 e. The number of carbonyl (C=O) groups is 4. The fourth-order valence-electron chi connectivity index (χ4n) is 4.59. The minimum atomic E-state index is -1.52. The lowest BCUT2D eigenvalue weighted by Gasteiger charge is -2.38. The van der Waals surface area contributed by atoms with Gasteiger partial charge in [0.05, 0.1) is 18.7 Å². The molecule has 0 aliphatic carbocycles. The maximum atomic E-state index is 14.1. The van der Waals surface area contributed by atoms with Crippen LogP contribution >= 0.6 is 12.4 Å². The molecule has 6 N–H and O–H groups in total. The Bertz CT molecular complexity index is 927. The highest BCUT2D eigenvalue weighted by atomic mass is 35.5. The molecule has 0 unspecified atom stereocenters. The smallest absolute Gasteiger partial charge is 0.407 e. The maximum absolute atomic E-state index is 14.1. The zero-order valence-electron chi connectivity index (χ0n) is 21.5. The Morgan fingerprint density at radius 2 is 1.89 bits per heavy atom. The summed E-state index contributed by atoms with van der Waals surface area (Å²) in [5, 5.41) is 5.42. The fraction of sp³-hybridized carbons (Fsp3) is 0.560. The van der Waals surface area contributed by atoms with Gasteiger partial charge in [-0.25, -0.2) is 4.79 Å². The molecule has 11 nitrogen and oxygen atoms in total. The summed E-state index contributed by atoms with van der Waals surface area (Å²) in [7, 11) is 0. The van der Waals surface area contributed by atoms with Crippen molar-refractivity contribution in [3.05, 3.63) is 35.9 Å². The Balaban J connectivity index is 0.00000684. The number of likely N-dealkylation sites (N-methyl/N-ethyl adjacent to an activating group) is 1. The number of ether oxygens (including phenoxy) is 1. The highest BCUT2D eigenvalue weighted by molar-refractivity contribution is 6.14. The number of aliphatic imine (C=N–C) groups is 1. The van der Waals surface area contributed by atoms with Crippen molar-refractivity contribution in [2.75, 3.05) is 26.2 Å². The van der Waals surface area contributed by atoms with Gasteiger partial charge in [-0.05, 0) is 57.7 Å². The molecular formula is C25H39ClN6O5. The number of aldehydes is 1. The Morgan fingerprint density at radius 1 is 1.19 bits per heavy atom. The molecule has 2 amide bonds. The average molecular weight is 539 g/mol. The first-order valence-corrected chi connectivity index (χ1v) is 12.4. The van der Waals surface area contributed by atoms with Crippen LogP contribution in [0.5, 0.6) is 0 Å². The van der Waals surface area contributed by atoms with Crippen LogP contribution in [0.1, 0.15) is 45.1 Å². The van der Waals surface area contributed by atoms with Gasteiger partial charge in [-0.3, -0.25) is 19.5 Å². The van der Waals surface area contributed by atoms with Gasteiger partial charge < -0.3 is 31.6 Å². The lowest BCUT2D eigenvalue weighted by atomic mass is 9.83. The molecule has 1 aromatic rings. The number of amides is 2. The highest BCUT2D eigenvalue weighted by Crippen LogP contribution is 2.32. The number of nitrogens with zero attached hydrogens (tertiary/aromatic N) is 2. The normalized spacial score (nSPS) is 18.5. The minimum absolute atomic E-state index is 0. The number of carbonyl (C=O) groups excluding carboxylic acids is 4. The predicted molar refractivity (Wildman–Crippen MR) is 143 cm³/mol. The van der Waals surface area contributed by atoms with Crippen LogP contribution in [0.4, 0.5) is 4.79 Å². The summed E-state index contributed by atoms with van der Waals surface area (Å²) in [4.78, 5) is 57.6. The van der Waals surface area contributed by atoms with Gasteiger partial charge in [-0.1, -0.05) is 37.3 Å². The molecule has 206 valence electrons. The summed E-state index contributed by atoms with van der Waals surface area (Å²) < 4.78 is 5.03. The molecule has 1 fully saturated rings. The van der Waals surface area contributed by atoms with E-state index in [1.807, 2.05) is 42.2 Å². The molecule has 1 aliphatic heterocycles. The van der Waals surface area contributed by atoms with Crippen LogP contribution in [0.25, 0.3) is 0 Å². The second-order valence-corrected chi connectivity index (χ2v) is 8.68. The number of likely N-dealkylation sites (tertiary alicyclic amines) is 1.